The maximum absolute atomic E-state index is 12.0. The van der Waals surface area contributed by atoms with E-state index >= 15 is 0 Å². The molecule has 0 radical (unpaired) electrons. The highest BCUT2D eigenvalue weighted by molar-refractivity contribution is 7.91. The molecular weight excluding hydrogens is 388 g/mol. The van der Waals surface area contributed by atoms with Gasteiger partial charge in [-0.15, -0.1) is 11.3 Å². The summed E-state index contributed by atoms with van der Waals surface area (Å²) in [7, 11) is -3.62. The predicted molar refractivity (Wildman–Crippen MR) is 104 cm³/mol. The minimum atomic E-state index is -3.62. The highest BCUT2D eigenvalue weighted by atomic mass is 32.2. The number of anilines is 1. The van der Waals surface area contributed by atoms with E-state index in [1.807, 2.05) is 32.0 Å². The standard InChI is InChI=1S/C18H22N2O5S2/c1-3-14-7-4-6-13(2)18(14)20-15(21)12-25-16(22)9-10-19-27(23,24)17-8-5-11-26-17/h4-8,11,19H,3,9-10,12H2,1-2H3,(H,20,21). The number of carbonyl (C=O) groups is 2. The van der Waals surface area contributed by atoms with Crippen LogP contribution in [0.1, 0.15) is 24.5 Å². The average molecular weight is 411 g/mol. The highest BCUT2D eigenvalue weighted by Crippen LogP contribution is 2.21. The SMILES string of the molecule is CCc1cccc(C)c1NC(=O)COC(=O)CCNS(=O)(=O)c1cccs1. The topological polar surface area (TPSA) is 102 Å². The average Bonchev–Trinajstić information content (AvgIpc) is 3.17. The van der Waals surface area contributed by atoms with Crippen molar-refractivity contribution in [2.24, 2.45) is 0 Å². The van der Waals surface area contributed by atoms with Crippen molar-refractivity contribution in [1.29, 1.82) is 0 Å². The van der Waals surface area contributed by atoms with Crippen LogP contribution in [0.25, 0.3) is 0 Å². The highest BCUT2D eigenvalue weighted by Gasteiger charge is 2.16. The number of benzene rings is 1. The van der Waals surface area contributed by atoms with E-state index in [0.717, 1.165) is 34.6 Å². The molecule has 0 aliphatic heterocycles. The molecule has 1 heterocycles. The van der Waals surface area contributed by atoms with Crippen LogP contribution in [0.2, 0.25) is 0 Å². The van der Waals surface area contributed by atoms with Gasteiger partial charge in [0, 0.05) is 12.2 Å². The van der Waals surface area contributed by atoms with Gasteiger partial charge in [0.15, 0.2) is 6.61 Å². The van der Waals surface area contributed by atoms with Crippen LogP contribution in [0.5, 0.6) is 0 Å². The van der Waals surface area contributed by atoms with Crippen molar-refractivity contribution in [2.45, 2.75) is 30.9 Å². The zero-order chi connectivity index (χ0) is 19.9. The van der Waals surface area contributed by atoms with Crippen molar-refractivity contribution in [3.05, 3.63) is 46.8 Å². The fraction of sp³-hybridized carbons (Fsp3) is 0.333. The van der Waals surface area contributed by atoms with Crippen molar-refractivity contribution < 1.29 is 22.7 Å². The summed E-state index contributed by atoms with van der Waals surface area (Å²) in [5.74, 6) is -1.09. The Balaban J connectivity index is 1.76. The van der Waals surface area contributed by atoms with E-state index in [4.69, 9.17) is 4.74 Å². The van der Waals surface area contributed by atoms with Gasteiger partial charge < -0.3 is 10.1 Å². The first kappa shape index (κ1) is 21.1. The van der Waals surface area contributed by atoms with E-state index in [0.29, 0.717) is 0 Å². The van der Waals surface area contributed by atoms with Gasteiger partial charge in [0.05, 0.1) is 6.42 Å². The maximum atomic E-state index is 12.0. The molecule has 2 N–H and O–H groups in total. The Labute approximate surface area is 162 Å². The number of carbonyl (C=O) groups excluding carboxylic acids is 2. The van der Waals surface area contributed by atoms with Gasteiger partial charge in [-0.2, -0.15) is 0 Å². The third-order valence-electron chi connectivity index (χ3n) is 3.75. The lowest BCUT2D eigenvalue weighted by Gasteiger charge is -2.13. The molecule has 27 heavy (non-hydrogen) atoms. The van der Waals surface area contributed by atoms with Gasteiger partial charge in [0.25, 0.3) is 5.91 Å². The normalized spacial score (nSPS) is 11.2. The summed E-state index contributed by atoms with van der Waals surface area (Å²) in [5, 5.41) is 4.41. The van der Waals surface area contributed by atoms with Gasteiger partial charge in [0.1, 0.15) is 4.21 Å². The van der Waals surface area contributed by atoms with Crippen LogP contribution in [-0.4, -0.2) is 33.4 Å². The summed E-state index contributed by atoms with van der Waals surface area (Å²) < 4.78 is 31.3. The quantitative estimate of drug-likeness (QED) is 0.619. The van der Waals surface area contributed by atoms with Crippen LogP contribution in [0.15, 0.2) is 39.9 Å². The maximum Gasteiger partial charge on any atom is 0.307 e. The van der Waals surface area contributed by atoms with Gasteiger partial charge in [-0.1, -0.05) is 31.2 Å². The van der Waals surface area contributed by atoms with Gasteiger partial charge in [-0.05, 0) is 35.9 Å². The van der Waals surface area contributed by atoms with Crippen molar-refractivity contribution in [3.63, 3.8) is 0 Å². The minimum absolute atomic E-state index is 0.0987. The molecule has 1 aromatic carbocycles. The second-order valence-corrected chi connectivity index (χ2v) is 8.69. The molecule has 0 unspecified atom stereocenters. The summed E-state index contributed by atoms with van der Waals surface area (Å²) in [6, 6.07) is 8.84. The zero-order valence-electron chi connectivity index (χ0n) is 15.2. The molecule has 0 saturated carbocycles. The summed E-state index contributed by atoms with van der Waals surface area (Å²) in [4.78, 5) is 23.8. The number of nitrogens with one attached hydrogen (secondary N) is 2. The number of esters is 1. The molecular formula is C18H22N2O5S2. The second kappa shape index (κ2) is 9.63. The molecule has 0 aliphatic carbocycles. The van der Waals surface area contributed by atoms with Crippen LogP contribution in [-0.2, 0) is 30.8 Å². The van der Waals surface area contributed by atoms with E-state index in [-0.39, 0.29) is 17.2 Å². The van der Waals surface area contributed by atoms with Gasteiger partial charge >= 0.3 is 5.97 Å². The minimum Gasteiger partial charge on any atom is -0.456 e. The summed E-state index contributed by atoms with van der Waals surface area (Å²) in [6.45, 7) is 3.36. The molecule has 0 saturated heterocycles. The molecule has 0 fully saturated rings. The number of rotatable bonds is 9. The first-order chi connectivity index (χ1) is 12.8. The monoisotopic (exact) mass is 410 g/mol. The summed E-state index contributed by atoms with van der Waals surface area (Å²) in [5.41, 5.74) is 2.65. The number of ether oxygens (including phenoxy) is 1. The van der Waals surface area contributed by atoms with Gasteiger partial charge in [0.2, 0.25) is 10.0 Å². The fourth-order valence-corrected chi connectivity index (χ4v) is 4.44. The number of hydrogen-bond acceptors (Lipinski definition) is 6. The first-order valence-electron chi connectivity index (χ1n) is 8.40. The Morgan fingerprint density at radius 3 is 2.63 bits per heavy atom. The van der Waals surface area contributed by atoms with E-state index in [2.05, 4.69) is 10.0 Å². The Morgan fingerprint density at radius 2 is 1.96 bits per heavy atom. The zero-order valence-corrected chi connectivity index (χ0v) is 16.8. The Morgan fingerprint density at radius 1 is 1.19 bits per heavy atom. The largest absolute Gasteiger partial charge is 0.456 e. The molecule has 146 valence electrons. The number of thiophene rings is 1. The van der Waals surface area contributed by atoms with Crippen LogP contribution >= 0.6 is 11.3 Å². The lowest BCUT2D eigenvalue weighted by molar-refractivity contribution is -0.147. The number of amides is 1. The van der Waals surface area contributed by atoms with E-state index in [9.17, 15) is 18.0 Å². The molecule has 0 atom stereocenters. The van der Waals surface area contributed by atoms with Gasteiger partial charge in [-0.3, -0.25) is 9.59 Å². The van der Waals surface area contributed by atoms with Crippen LogP contribution < -0.4 is 10.0 Å². The Kier molecular flexibility index (Phi) is 7.52. The lowest BCUT2D eigenvalue weighted by Crippen LogP contribution is -2.27. The Bertz CT molecular complexity index is 892. The van der Waals surface area contributed by atoms with Crippen LogP contribution in [0.3, 0.4) is 0 Å². The molecule has 1 amide bonds. The molecule has 2 rings (SSSR count). The molecule has 0 spiro atoms. The van der Waals surface area contributed by atoms with Crippen molar-refractivity contribution in [3.8, 4) is 0 Å². The van der Waals surface area contributed by atoms with Crippen molar-refractivity contribution >= 4 is 38.9 Å². The van der Waals surface area contributed by atoms with E-state index in [1.54, 1.807) is 11.4 Å². The third-order valence-corrected chi connectivity index (χ3v) is 6.61. The van der Waals surface area contributed by atoms with Crippen molar-refractivity contribution in [2.75, 3.05) is 18.5 Å². The number of aryl methyl sites for hydroxylation is 2. The molecule has 2 aromatic rings. The van der Waals surface area contributed by atoms with Crippen LogP contribution in [0, 0.1) is 6.92 Å². The smallest absolute Gasteiger partial charge is 0.307 e. The third kappa shape index (κ3) is 6.16. The molecule has 7 nitrogen and oxygen atoms in total. The fourth-order valence-electron chi connectivity index (χ4n) is 2.37. The second-order valence-electron chi connectivity index (χ2n) is 5.75. The molecule has 0 bridgehead atoms. The molecule has 1 aromatic heterocycles. The van der Waals surface area contributed by atoms with Crippen LogP contribution in [0.4, 0.5) is 5.69 Å². The van der Waals surface area contributed by atoms with E-state index in [1.165, 1.54) is 6.07 Å². The molecule has 9 heteroatoms. The first-order valence-corrected chi connectivity index (χ1v) is 10.8. The predicted octanol–water partition coefficient (Wildman–Crippen LogP) is 2.47. The summed E-state index contributed by atoms with van der Waals surface area (Å²) in [6.07, 6.45) is 0.601. The Hall–Kier alpha value is -2.23. The molecule has 0 aliphatic rings. The lowest BCUT2D eigenvalue weighted by atomic mass is 10.1. The number of para-hydroxylation sites is 1. The van der Waals surface area contributed by atoms with E-state index < -0.39 is 28.5 Å². The number of sulfonamides is 1. The van der Waals surface area contributed by atoms with Gasteiger partial charge in [-0.25, -0.2) is 13.1 Å². The number of hydrogen-bond donors (Lipinski definition) is 2. The summed E-state index contributed by atoms with van der Waals surface area (Å²) >= 11 is 1.09. The van der Waals surface area contributed by atoms with Crippen molar-refractivity contribution in [1.82, 2.24) is 4.72 Å².